The van der Waals surface area contributed by atoms with Gasteiger partial charge in [0.2, 0.25) is 5.91 Å². The zero-order valence-corrected chi connectivity index (χ0v) is 14.6. The van der Waals surface area contributed by atoms with Crippen LogP contribution in [0, 0.1) is 0 Å². The Kier molecular flexibility index (Phi) is 3.79. The van der Waals surface area contributed by atoms with Crippen LogP contribution in [0.3, 0.4) is 0 Å². The number of nitrogens with zero attached hydrogens (tertiary/aromatic N) is 1. The second-order valence-corrected chi connectivity index (χ2v) is 7.07. The van der Waals surface area contributed by atoms with Gasteiger partial charge in [0.15, 0.2) is 0 Å². The molecule has 0 saturated carbocycles. The molecule has 1 spiro atoms. The fraction of sp³-hybridized carbons (Fsp3) is 0.211. The van der Waals surface area contributed by atoms with E-state index in [4.69, 9.17) is 0 Å². The number of hydrogen-bond acceptors (Lipinski definition) is 3. The van der Waals surface area contributed by atoms with Crippen molar-refractivity contribution in [2.75, 3.05) is 5.32 Å². The number of urea groups is 1. The Bertz CT molecular complexity index is 943. The molecule has 1 aromatic heterocycles. The van der Waals surface area contributed by atoms with Crippen molar-refractivity contribution >= 4 is 30.9 Å². The summed E-state index contributed by atoms with van der Waals surface area (Å²) in [7, 11) is 1.95. The van der Waals surface area contributed by atoms with E-state index in [0.717, 1.165) is 27.8 Å². The quantitative estimate of drug-likeness (QED) is 0.694. The normalized spacial score (nSPS) is 20.6. The SMILES string of the molecule is Bc1cncc(CC(=O)Nc2ccc3c(c2)CC2(C3)NC(=O)NC2=C)c1. The van der Waals surface area contributed by atoms with Crippen LogP contribution in [0.1, 0.15) is 16.7 Å². The number of hydrogen-bond donors (Lipinski definition) is 3. The number of fused-ring (bicyclic) bond motifs is 1. The molecule has 3 N–H and O–H groups in total. The fourth-order valence-electron chi connectivity index (χ4n) is 3.74. The van der Waals surface area contributed by atoms with Gasteiger partial charge >= 0.3 is 6.03 Å². The van der Waals surface area contributed by atoms with E-state index in [9.17, 15) is 9.59 Å². The van der Waals surface area contributed by atoms with E-state index in [2.05, 4.69) is 27.5 Å². The molecule has 1 aliphatic carbocycles. The molecule has 130 valence electrons. The van der Waals surface area contributed by atoms with E-state index in [1.165, 1.54) is 0 Å². The molecule has 1 fully saturated rings. The number of carbonyl (C=O) groups excluding carboxylic acids is 2. The average Bonchev–Trinajstić information content (AvgIpc) is 3.05. The number of pyridine rings is 1. The van der Waals surface area contributed by atoms with Gasteiger partial charge in [-0.1, -0.05) is 24.2 Å². The summed E-state index contributed by atoms with van der Waals surface area (Å²) in [6.07, 6.45) is 5.14. The lowest BCUT2D eigenvalue weighted by atomic mass is 9.94. The molecule has 1 aromatic carbocycles. The summed E-state index contributed by atoms with van der Waals surface area (Å²) >= 11 is 0. The first kappa shape index (κ1) is 16.4. The highest BCUT2D eigenvalue weighted by molar-refractivity contribution is 6.32. The number of carbonyl (C=O) groups is 2. The van der Waals surface area contributed by atoms with Crippen LogP contribution >= 0.6 is 0 Å². The molecule has 1 saturated heterocycles. The number of amides is 3. The van der Waals surface area contributed by atoms with Gasteiger partial charge < -0.3 is 16.0 Å². The number of rotatable bonds is 3. The van der Waals surface area contributed by atoms with Crippen molar-refractivity contribution in [1.82, 2.24) is 15.6 Å². The number of benzene rings is 1. The predicted molar refractivity (Wildman–Crippen MR) is 102 cm³/mol. The first-order chi connectivity index (χ1) is 12.4. The van der Waals surface area contributed by atoms with Crippen molar-refractivity contribution in [1.29, 1.82) is 0 Å². The molecule has 4 rings (SSSR count). The van der Waals surface area contributed by atoms with Crippen molar-refractivity contribution in [2.45, 2.75) is 24.8 Å². The zero-order chi connectivity index (χ0) is 18.3. The van der Waals surface area contributed by atoms with Crippen LogP contribution in [-0.4, -0.2) is 30.3 Å². The Morgan fingerprint density at radius 1 is 1.27 bits per heavy atom. The molecule has 2 aromatic rings. The van der Waals surface area contributed by atoms with Crippen LogP contribution in [-0.2, 0) is 24.1 Å². The van der Waals surface area contributed by atoms with Crippen LogP contribution in [0.25, 0.3) is 0 Å². The van der Waals surface area contributed by atoms with E-state index < -0.39 is 5.54 Å². The molecule has 1 unspecified atom stereocenters. The Labute approximate surface area is 152 Å². The van der Waals surface area contributed by atoms with Crippen LogP contribution in [0.2, 0.25) is 0 Å². The molecule has 7 heteroatoms. The first-order valence-corrected chi connectivity index (χ1v) is 8.54. The van der Waals surface area contributed by atoms with Gasteiger partial charge in [-0.05, 0) is 28.8 Å². The summed E-state index contributed by atoms with van der Waals surface area (Å²) < 4.78 is 0. The molecule has 3 amide bonds. The average molecular weight is 346 g/mol. The summed E-state index contributed by atoms with van der Waals surface area (Å²) in [6.45, 7) is 3.98. The van der Waals surface area contributed by atoms with Gasteiger partial charge in [0.05, 0.1) is 12.0 Å². The minimum absolute atomic E-state index is 0.0784. The van der Waals surface area contributed by atoms with Crippen LogP contribution in [0.15, 0.2) is 48.9 Å². The summed E-state index contributed by atoms with van der Waals surface area (Å²) in [6, 6.07) is 7.64. The number of anilines is 1. The molecule has 6 nitrogen and oxygen atoms in total. The van der Waals surface area contributed by atoms with Gasteiger partial charge in [0, 0.05) is 36.6 Å². The second-order valence-electron chi connectivity index (χ2n) is 7.07. The Morgan fingerprint density at radius 2 is 2.08 bits per heavy atom. The lowest BCUT2D eigenvalue weighted by Gasteiger charge is -2.22. The molecule has 0 radical (unpaired) electrons. The van der Waals surface area contributed by atoms with Crippen LogP contribution in [0.5, 0.6) is 0 Å². The zero-order valence-electron chi connectivity index (χ0n) is 14.6. The van der Waals surface area contributed by atoms with Gasteiger partial charge in [-0.2, -0.15) is 0 Å². The maximum Gasteiger partial charge on any atom is 0.319 e. The number of nitrogens with one attached hydrogen (secondary N) is 3. The second kappa shape index (κ2) is 6.02. The van der Waals surface area contributed by atoms with E-state index >= 15 is 0 Å². The molecule has 2 heterocycles. The maximum absolute atomic E-state index is 12.3. The van der Waals surface area contributed by atoms with Crippen molar-refractivity contribution in [3.05, 3.63) is 65.6 Å². The third-order valence-corrected chi connectivity index (χ3v) is 4.97. The minimum Gasteiger partial charge on any atom is -0.326 e. The predicted octanol–water partition coefficient (Wildman–Crippen LogP) is 0.185. The van der Waals surface area contributed by atoms with E-state index in [1.54, 1.807) is 12.4 Å². The third kappa shape index (κ3) is 2.96. The lowest BCUT2D eigenvalue weighted by molar-refractivity contribution is -0.115. The summed E-state index contributed by atoms with van der Waals surface area (Å²) in [4.78, 5) is 28.1. The van der Waals surface area contributed by atoms with E-state index in [0.29, 0.717) is 18.5 Å². The summed E-state index contributed by atoms with van der Waals surface area (Å²) in [5.74, 6) is -0.0784. The van der Waals surface area contributed by atoms with Gasteiger partial charge in [-0.15, -0.1) is 0 Å². The van der Waals surface area contributed by atoms with Crippen molar-refractivity contribution in [2.24, 2.45) is 0 Å². The Balaban J connectivity index is 1.47. The standard InChI is InChI=1S/C19H19BN4O2/c1-11-19(24-18(26)22-11)7-13-2-3-16(6-14(13)8-19)23-17(25)5-12-4-15(20)10-21-9-12/h2-4,6,9-10H,1,5,7-8,20H2,(H,23,25)(H2,22,24,26). The van der Waals surface area contributed by atoms with Gasteiger partial charge in [0.25, 0.3) is 0 Å². The Hall–Kier alpha value is -3.09. The number of aromatic nitrogens is 1. The molecule has 2 aliphatic rings. The third-order valence-electron chi connectivity index (χ3n) is 4.97. The van der Waals surface area contributed by atoms with E-state index in [1.807, 2.05) is 32.1 Å². The molecule has 1 aliphatic heterocycles. The van der Waals surface area contributed by atoms with Gasteiger partial charge in [0.1, 0.15) is 7.85 Å². The van der Waals surface area contributed by atoms with Gasteiger partial charge in [-0.3, -0.25) is 9.78 Å². The smallest absolute Gasteiger partial charge is 0.319 e. The van der Waals surface area contributed by atoms with Gasteiger partial charge in [-0.25, -0.2) is 4.79 Å². The molecule has 26 heavy (non-hydrogen) atoms. The highest BCUT2D eigenvalue weighted by atomic mass is 16.2. The summed E-state index contributed by atoms with van der Waals surface area (Å²) in [5, 5.41) is 8.67. The fourth-order valence-corrected chi connectivity index (χ4v) is 3.74. The summed E-state index contributed by atoms with van der Waals surface area (Å²) in [5.41, 5.74) is 5.21. The maximum atomic E-state index is 12.3. The first-order valence-electron chi connectivity index (χ1n) is 8.54. The van der Waals surface area contributed by atoms with E-state index in [-0.39, 0.29) is 18.4 Å². The molecular weight excluding hydrogens is 327 g/mol. The van der Waals surface area contributed by atoms with Crippen LogP contribution < -0.4 is 21.4 Å². The Morgan fingerprint density at radius 3 is 2.81 bits per heavy atom. The lowest BCUT2D eigenvalue weighted by Crippen LogP contribution is -2.42. The van der Waals surface area contributed by atoms with Crippen molar-refractivity contribution < 1.29 is 9.59 Å². The van der Waals surface area contributed by atoms with Crippen molar-refractivity contribution in [3.63, 3.8) is 0 Å². The minimum atomic E-state index is -0.449. The highest BCUT2D eigenvalue weighted by Gasteiger charge is 2.45. The topological polar surface area (TPSA) is 83.1 Å². The largest absolute Gasteiger partial charge is 0.326 e. The monoisotopic (exact) mass is 346 g/mol. The molecule has 0 bridgehead atoms. The van der Waals surface area contributed by atoms with Crippen LogP contribution in [0.4, 0.5) is 10.5 Å². The van der Waals surface area contributed by atoms with Crippen molar-refractivity contribution in [3.8, 4) is 0 Å². The molecule has 1 atom stereocenters. The highest BCUT2D eigenvalue weighted by Crippen LogP contribution is 2.37. The molecular formula is C19H19BN4O2.